The van der Waals surface area contributed by atoms with Crippen LogP contribution in [0.3, 0.4) is 0 Å². The van der Waals surface area contributed by atoms with Gasteiger partial charge >= 0.3 is 5.97 Å². The maximum absolute atomic E-state index is 10.7. The molecule has 2 N–H and O–H groups in total. The SMILES string of the molecule is CCCC1(CNCCOc2ccc(C(=O)O)cc2)CC1. The number of hydrogen-bond acceptors (Lipinski definition) is 3. The first-order chi connectivity index (χ1) is 9.65. The standard InChI is InChI=1S/C16H23NO3/c1-2-7-16(8-9-16)12-17-10-11-20-14-5-3-13(4-6-14)15(18)19/h3-6,17H,2,7-12H2,1H3,(H,18,19). The Labute approximate surface area is 120 Å². The van der Waals surface area contributed by atoms with E-state index in [9.17, 15) is 4.79 Å². The summed E-state index contributed by atoms with van der Waals surface area (Å²) < 4.78 is 5.58. The van der Waals surface area contributed by atoms with Gasteiger partial charge in [0, 0.05) is 13.1 Å². The van der Waals surface area contributed by atoms with E-state index in [1.807, 2.05) is 0 Å². The first-order valence-electron chi connectivity index (χ1n) is 7.32. The van der Waals surface area contributed by atoms with Crippen molar-refractivity contribution in [3.63, 3.8) is 0 Å². The van der Waals surface area contributed by atoms with Crippen LogP contribution in [0.25, 0.3) is 0 Å². The van der Waals surface area contributed by atoms with Crippen molar-refractivity contribution in [2.45, 2.75) is 32.6 Å². The van der Waals surface area contributed by atoms with Gasteiger partial charge < -0.3 is 15.2 Å². The van der Waals surface area contributed by atoms with E-state index in [4.69, 9.17) is 9.84 Å². The van der Waals surface area contributed by atoms with Crippen molar-refractivity contribution in [2.24, 2.45) is 5.41 Å². The van der Waals surface area contributed by atoms with Gasteiger partial charge in [-0.2, -0.15) is 0 Å². The van der Waals surface area contributed by atoms with Crippen molar-refractivity contribution >= 4 is 5.97 Å². The highest BCUT2D eigenvalue weighted by atomic mass is 16.5. The number of ether oxygens (including phenoxy) is 1. The Morgan fingerprint density at radius 2 is 2.05 bits per heavy atom. The van der Waals surface area contributed by atoms with Crippen LogP contribution in [-0.4, -0.2) is 30.8 Å². The number of carbonyl (C=O) groups is 1. The predicted molar refractivity (Wildman–Crippen MR) is 78.3 cm³/mol. The first kappa shape index (κ1) is 14.9. The second-order valence-corrected chi connectivity index (χ2v) is 5.60. The Morgan fingerprint density at radius 3 is 2.60 bits per heavy atom. The molecule has 1 fully saturated rings. The number of carboxylic acids is 1. The molecule has 0 amide bonds. The van der Waals surface area contributed by atoms with Crippen LogP contribution in [0.15, 0.2) is 24.3 Å². The molecule has 1 aliphatic carbocycles. The maximum atomic E-state index is 10.7. The molecule has 4 nitrogen and oxygen atoms in total. The molecule has 0 atom stereocenters. The minimum Gasteiger partial charge on any atom is -0.492 e. The van der Waals surface area contributed by atoms with Crippen molar-refractivity contribution in [2.75, 3.05) is 19.7 Å². The minimum atomic E-state index is -0.913. The summed E-state index contributed by atoms with van der Waals surface area (Å²) in [5.41, 5.74) is 0.850. The van der Waals surface area contributed by atoms with E-state index in [1.54, 1.807) is 24.3 Å². The van der Waals surface area contributed by atoms with Crippen molar-refractivity contribution < 1.29 is 14.6 Å². The molecule has 2 rings (SSSR count). The van der Waals surface area contributed by atoms with E-state index >= 15 is 0 Å². The van der Waals surface area contributed by atoms with Gasteiger partial charge in [-0.15, -0.1) is 0 Å². The van der Waals surface area contributed by atoms with E-state index in [1.165, 1.54) is 25.7 Å². The molecule has 1 saturated carbocycles. The molecule has 4 heteroatoms. The van der Waals surface area contributed by atoms with Crippen LogP contribution in [0, 0.1) is 5.41 Å². The van der Waals surface area contributed by atoms with Crippen LogP contribution in [-0.2, 0) is 0 Å². The van der Waals surface area contributed by atoms with Gasteiger partial charge in [-0.05, 0) is 48.9 Å². The molecular weight excluding hydrogens is 254 g/mol. The monoisotopic (exact) mass is 277 g/mol. The highest BCUT2D eigenvalue weighted by molar-refractivity contribution is 5.87. The molecule has 0 saturated heterocycles. The summed E-state index contributed by atoms with van der Waals surface area (Å²) in [5, 5.41) is 12.3. The van der Waals surface area contributed by atoms with Gasteiger partial charge in [0.15, 0.2) is 0 Å². The van der Waals surface area contributed by atoms with Crippen molar-refractivity contribution in [1.82, 2.24) is 5.32 Å². The Balaban J connectivity index is 1.62. The van der Waals surface area contributed by atoms with Crippen LogP contribution in [0.4, 0.5) is 0 Å². The summed E-state index contributed by atoms with van der Waals surface area (Å²) in [4.78, 5) is 10.7. The van der Waals surface area contributed by atoms with Gasteiger partial charge in [0.1, 0.15) is 12.4 Å². The lowest BCUT2D eigenvalue weighted by Gasteiger charge is -2.15. The van der Waals surface area contributed by atoms with Crippen LogP contribution in [0.2, 0.25) is 0 Å². The van der Waals surface area contributed by atoms with Gasteiger partial charge in [-0.25, -0.2) is 4.79 Å². The summed E-state index contributed by atoms with van der Waals surface area (Å²) in [6, 6.07) is 6.52. The number of benzene rings is 1. The van der Waals surface area contributed by atoms with Gasteiger partial charge in [-0.1, -0.05) is 13.3 Å². The molecule has 1 aromatic carbocycles. The lowest BCUT2D eigenvalue weighted by atomic mass is 10.0. The lowest BCUT2D eigenvalue weighted by Crippen LogP contribution is -2.28. The Morgan fingerprint density at radius 1 is 1.35 bits per heavy atom. The molecule has 20 heavy (non-hydrogen) atoms. The predicted octanol–water partition coefficient (Wildman–Crippen LogP) is 2.93. The van der Waals surface area contributed by atoms with Gasteiger partial charge in [-0.3, -0.25) is 0 Å². The Hall–Kier alpha value is -1.55. The van der Waals surface area contributed by atoms with Crippen LogP contribution >= 0.6 is 0 Å². The topological polar surface area (TPSA) is 58.6 Å². The molecule has 0 bridgehead atoms. The maximum Gasteiger partial charge on any atom is 0.335 e. The molecule has 110 valence electrons. The molecule has 1 aromatic rings. The molecule has 0 aromatic heterocycles. The second kappa shape index (κ2) is 6.75. The van der Waals surface area contributed by atoms with E-state index in [0.29, 0.717) is 17.8 Å². The third-order valence-corrected chi connectivity index (χ3v) is 3.89. The fourth-order valence-electron chi connectivity index (χ4n) is 2.51. The molecule has 0 aliphatic heterocycles. The highest BCUT2D eigenvalue weighted by Crippen LogP contribution is 2.48. The van der Waals surface area contributed by atoms with Gasteiger partial charge in [0.25, 0.3) is 0 Å². The largest absolute Gasteiger partial charge is 0.492 e. The third-order valence-electron chi connectivity index (χ3n) is 3.89. The zero-order valence-electron chi connectivity index (χ0n) is 12.0. The van der Waals surface area contributed by atoms with Crippen molar-refractivity contribution in [3.8, 4) is 5.75 Å². The van der Waals surface area contributed by atoms with Crippen molar-refractivity contribution in [1.29, 1.82) is 0 Å². The smallest absolute Gasteiger partial charge is 0.335 e. The fourth-order valence-corrected chi connectivity index (χ4v) is 2.51. The fraction of sp³-hybridized carbons (Fsp3) is 0.562. The first-order valence-corrected chi connectivity index (χ1v) is 7.32. The number of aromatic carboxylic acids is 1. The van der Waals surface area contributed by atoms with E-state index in [2.05, 4.69) is 12.2 Å². The molecule has 0 heterocycles. The normalized spacial score (nSPS) is 15.8. The Kier molecular flexibility index (Phi) is 5.01. The minimum absolute atomic E-state index is 0.283. The summed E-state index contributed by atoms with van der Waals surface area (Å²) in [7, 11) is 0. The lowest BCUT2D eigenvalue weighted by molar-refractivity contribution is 0.0697. The number of hydrogen-bond donors (Lipinski definition) is 2. The molecule has 0 spiro atoms. The zero-order valence-corrected chi connectivity index (χ0v) is 12.0. The van der Waals surface area contributed by atoms with E-state index < -0.39 is 5.97 Å². The summed E-state index contributed by atoms with van der Waals surface area (Å²) in [6.45, 7) is 4.76. The average molecular weight is 277 g/mol. The second-order valence-electron chi connectivity index (χ2n) is 5.60. The van der Waals surface area contributed by atoms with Crippen LogP contribution < -0.4 is 10.1 Å². The molecule has 1 aliphatic rings. The zero-order chi connectivity index (χ0) is 14.4. The van der Waals surface area contributed by atoms with E-state index in [0.717, 1.165) is 13.1 Å². The summed E-state index contributed by atoms with van der Waals surface area (Å²) in [6.07, 6.45) is 5.28. The summed E-state index contributed by atoms with van der Waals surface area (Å²) >= 11 is 0. The Bertz CT molecular complexity index is 438. The number of nitrogens with one attached hydrogen (secondary N) is 1. The number of carboxylic acid groups (broad SMARTS) is 1. The van der Waals surface area contributed by atoms with Gasteiger partial charge in [0.2, 0.25) is 0 Å². The summed E-state index contributed by atoms with van der Waals surface area (Å²) in [5.74, 6) is -0.199. The quantitative estimate of drug-likeness (QED) is 0.681. The molecule has 0 unspecified atom stereocenters. The number of rotatable bonds is 9. The van der Waals surface area contributed by atoms with Crippen molar-refractivity contribution in [3.05, 3.63) is 29.8 Å². The van der Waals surface area contributed by atoms with Gasteiger partial charge in [0.05, 0.1) is 5.56 Å². The van der Waals surface area contributed by atoms with Crippen LogP contribution in [0.1, 0.15) is 43.0 Å². The molecular formula is C16H23NO3. The third kappa shape index (κ3) is 4.23. The highest BCUT2D eigenvalue weighted by Gasteiger charge is 2.40. The molecule has 0 radical (unpaired) electrons. The average Bonchev–Trinajstić information content (AvgIpc) is 3.19. The van der Waals surface area contributed by atoms with E-state index in [-0.39, 0.29) is 5.56 Å². The van der Waals surface area contributed by atoms with Crippen LogP contribution in [0.5, 0.6) is 5.75 Å².